The zero-order valence-electron chi connectivity index (χ0n) is 10.5. The second-order valence-electron chi connectivity index (χ2n) is 5.52. The number of ether oxygens (including phenoxy) is 1. The standard InChI is InChI=1S/C14H16ClF2NO/c15-12-10(16)1-2-11(13(12)17)19-14(4-5-14)7-9-3-6-18-8-9/h1-2,9,18H,3-8H2. The third kappa shape index (κ3) is 2.70. The van der Waals surface area contributed by atoms with Crippen molar-refractivity contribution in [3.05, 3.63) is 28.8 Å². The summed E-state index contributed by atoms with van der Waals surface area (Å²) >= 11 is 5.56. The monoisotopic (exact) mass is 287 g/mol. The maximum atomic E-state index is 13.8. The minimum absolute atomic E-state index is 0.0647. The fraction of sp³-hybridized carbons (Fsp3) is 0.571. The Morgan fingerprint density at radius 3 is 2.79 bits per heavy atom. The van der Waals surface area contributed by atoms with Gasteiger partial charge in [0.25, 0.3) is 0 Å². The highest BCUT2D eigenvalue weighted by Crippen LogP contribution is 2.47. The van der Waals surface area contributed by atoms with Crippen molar-refractivity contribution >= 4 is 11.6 Å². The number of benzene rings is 1. The summed E-state index contributed by atoms with van der Waals surface area (Å²) in [6, 6.07) is 2.47. The SMILES string of the molecule is Fc1ccc(OC2(CC3CCNC3)CC2)c(F)c1Cl. The van der Waals surface area contributed by atoms with Gasteiger partial charge in [-0.3, -0.25) is 0 Å². The summed E-state index contributed by atoms with van der Waals surface area (Å²) in [5.41, 5.74) is -0.265. The van der Waals surface area contributed by atoms with Gasteiger partial charge in [-0.2, -0.15) is 0 Å². The van der Waals surface area contributed by atoms with Crippen LogP contribution in [0.1, 0.15) is 25.7 Å². The second kappa shape index (κ2) is 4.91. The van der Waals surface area contributed by atoms with E-state index < -0.39 is 16.7 Å². The zero-order valence-corrected chi connectivity index (χ0v) is 11.3. The van der Waals surface area contributed by atoms with Gasteiger partial charge in [0.05, 0.1) is 0 Å². The van der Waals surface area contributed by atoms with Gasteiger partial charge in [-0.05, 0) is 56.8 Å². The molecule has 2 fully saturated rings. The first-order chi connectivity index (χ1) is 9.10. The lowest BCUT2D eigenvalue weighted by molar-refractivity contribution is 0.141. The Kier molecular flexibility index (Phi) is 3.39. The Hall–Kier alpha value is -0.870. The molecular formula is C14H16ClF2NO. The third-order valence-electron chi connectivity index (χ3n) is 3.96. The Bertz CT molecular complexity index is 485. The first-order valence-corrected chi connectivity index (χ1v) is 7.01. The van der Waals surface area contributed by atoms with Gasteiger partial charge in [-0.15, -0.1) is 0 Å². The average molecular weight is 288 g/mol. The van der Waals surface area contributed by atoms with Crippen molar-refractivity contribution < 1.29 is 13.5 Å². The van der Waals surface area contributed by atoms with Gasteiger partial charge in [-0.1, -0.05) is 11.6 Å². The van der Waals surface area contributed by atoms with Crippen LogP contribution in [0.15, 0.2) is 12.1 Å². The van der Waals surface area contributed by atoms with Gasteiger partial charge in [0, 0.05) is 0 Å². The molecule has 5 heteroatoms. The summed E-state index contributed by atoms with van der Waals surface area (Å²) < 4.78 is 32.7. The highest BCUT2D eigenvalue weighted by molar-refractivity contribution is 6.31. The van der Waals surface area contributed by atoms with Crippen molar-refractivity contribution in [2.75, 3.05) is 13.1 Å². The molecule has 1 saturated carbocycles. The summed E-state index contributed by atoms with van der Waals surface area (Å²) in [6.07, 6.45) is 3.92. The van der Waals surface area contributed by atoms with E-state index in [2.05, 4.69) is 5.32 Å². The molecule has 1 aliphatic heterocycles. The molecule has 1 unspecified atom stereocenters. The minimum Gasteiger partial charge on any atom is -0.484 e. The summed E-state index contributed by atoms with van der Waals surface area (Å²) in [5, 5.41) is 2.82. The molecular weight excluding hydrogens is 272 g/mol. The van der Waals surface area contributed by atoms with E-state index in [9.17, 15) is 8.78 Å². The predicted molar refractivity (Wildman–Crippen MR) is 69.6 cm³/mol. The highest BCUT2D eigenvalue weighted by atomic mass is 35.5. The Morgan fingerprint density at radius 2 is 2.16 bits per heavy atom. The van der Waals surface area contributed by atoms with E-state index in [4.69, 9.17) is 16.3 Å². The lowest BCUT2D eigenvalue weighted by Crippen LogP contribution is -2.24. The van der Waals surface area contributed by atoms with Gasteiger partial charge in [0.15, 0.2) is 11.6 Å². The summed E-state index contributed by atoms with van der Waals surface area (Å²) in [5.74, 6) is -0.898. The van der Waals surface area contributed by atoms with Crippen LogP contribution in [0.2, 0.25) is 5.02 Å². The van der Waals surface area contributed by atoms with Gasteiger partial charge in [0.2, 0.25) is 0 Å². The minimum atomic E-state index is -0.794. The van der Waals surface area contributed by atoms with Crippen LogP contribution in [0.3, 0.4) is 0 Å². The van der Waals surface area contributed by atoms with E-state index in [1.54, 1.807) is 0 Å². The van der Waals surface area contributed by atoms with Crippen LogP contribution >= 0.6 is 11.6 Å². The van der Waals surface area contributed by atoms with Crippen LogP contribution in [0.25, 0.3) is 0 Å². The van der Waals surface area contributed by atoms with E-state index in [1.807, 2.05) is 0 Å². The molecule has 1 saturated heterocycles. The molecule has 1 heterocycles. The zero-order chi connectivity index (χ0) is 13.5. The van der Waals surface area contributed by atoms with E-state index in [0.717, 1.165) is 44.8 Å². The van der Waals surface area contributed by atoms with E-state index in [1.165, 1.54) is 6.07 Å². The molecule has 2 aliphatic rings. The lowest BCUT2D eigenvalue weighted by atomic mass is 9.99. The maximum Gasteiger partial charge on any atom is 0.186 e. The van der Waals surface area contributed by atoms with Crippen LogP contribution in [0.4, 0.5) is 8.78 Å². The Balaban J connectivity index is 1.72. The number of rotatable bonds is 4. The highest BCUT2D eigenvalue weighted by Gasteiger charge is 2.47. The van der Waals surface area contributed by atoms with E-state index >= 15 is 0 Å². The largest absolute Gasteiger partial charge is 0.484 e. The third-order valence-corrected chi connectivity index (χ3v) is 4.30. The van der Waals surface area contributed by atoms with Gasteiger partial charge < -0.3 is 10.1 Å². The summed E-state index contributed by atoms with van der Waals surface area (Å²) in [7, 11) is 0. The van der Waals surface area contributed by atoms with Crippen LogP contribution in [-0.2, 0) is 0 Å². The lowest BCUT2D eigenvalue weighted by Gasteiger charge is -2.21. The molecule has 0 spiro atoms. The van der Waals surface area contributed by atoms with Crippen molar-refractivity contribution in [1.29, 1.82) is 0 Å². The van der Waals surface area contributed by atoms with Gasteiger partial charge in [-0.25, -0.2) is 8.78 Å². The molecule has 1 atom stereocenters. The van der Waals surface area contributed by atoms with Gasteiger partial charge >= 0.3 is 0 Å². The quantitative estimate of drug-likeness (QED) is 0.856. The Labute approximate surface area is 116 Å². The van der Waals surface area contributed by atoms with Crippen molar-refractivity contribution in [3.8, 4) is 5.75 Å². The molecule has 2 nitrogen and oxygen atoms in total. The number of halogens is 3. The van der Waals surface area contributed by atoms with Crippen LogP contribution in [0.5, 0.6) is 5.75 Å². The molecule has 0 bridgehead atoms. The number of nitrogens with one attached hydrogen (secondary N) is 1. The second-order valence-corrected chi connectivity index (χ2v) is 5.90. The van der Waals surface area contributed by atoms with Crippen LogP contribution < -0.4 is 10.1 Å². The molecule has 1 aromatic rings. The molecule has 1 aliphatic carbocycles. The van der Waals surface area contributed by atoms with Gasteiger partial charge in [0.1, 0.15) is 16.4 Å². The maximum absolute atomic E-state index is 13.8. The van der Waals surface area contributed by atoms with Crippen molar-refractivity contribution in [2.24, 2.45) is 5.92 Å². The molecule has 1 aromatic carbocycles. The van der Waals surface area contributed by atoms with Crippen LogP contribution in [-0.4, -0.2) is 18.7 Å². The fourth-order valence-electron chi connectivity index (χ4n) is 2.72. The Morgan fingerprint density at radius 1 is 1.37 bits per heavy atom. The molecule has 19 heavy (non-hydrogen) atoms. The first kappa shape index (κ1) is 13.1. The van der Waals surface area contributed by atoms with Crippen molar-refractivity contribution in [3.63, 3.8) is 0 Å². The molecule has 3 rings (SSSR count). The molecule has 1 N–H and O–H groups in total. The molecule has 104 valence electrons. The normalized spacial score (nSPS) is 24.5. The topological polar surface area (TPSA) is 21.3 Å². The van der Waals surface area contributed by atoms with E-state index in [0.29, 0.717) is 5.92 Å². The molecule has 0 radical (unpaired) electrons. The number of hydrogen-bond acceptors (Lipinski definition) is 2. The van der Waals surface area contributed by atoms with Crippen LogP contribution in [0, 0.1) is 17.6 Å². The number of hydrogen-bond donors (Lipinski definition) is 1. The predicted octanol–water partition coefficient (Wildman–Crippen LogP) is 3.53. The fourth-order valence-corrected chi connectivity index (χ4v) is 2.88. The smallest absolute Gasteiger partial charge is 0.186 e. The average Bonchev–Trinajstić information content (AvgIpc) is 2.94. The summed E-state index contributed by atoms with van der Waals surface area (Å²) in [6.45, 7) is 2.04. The molecule has 0 amide bonds. The first-order valence-electron chi connectivity index (χ1n) is 6.63. The van der Waals surface area contributed by atoms with E-state index in [-0.39, 0.29) is 11.4 Å². The van der Waals surface area contributed by atoms with Crippen molar-refractivity contribution in [1.82, 2.24) is 5.32 Å². The molecule has 0 aromatic heterocycles. The van der Waals surface area contributed by atoms with Crippen molar-refractivity contribution in [2.45, 2.75) is 31.3 Å². The summed E-state index contributed by atoms with van der Waals surface area (Å²) in [4.78, 5) is 0.